The molecule has 9 nitrogen and oxygen atoms in total. The summed E-state index contributed by atoms with van der Waals surface area (Å²) in [5, 5.41) is 6.82. The van der Waals surface area contributed by atoms with E-state index >= 15 is 0 Å². The number of para-hydroxylation sites is 4. The second-order valence-electron chi connectivity index (χ2n) is 22.3. The van der Waals surface area contributed by atoms with Crippen molar-refractivity contribution in [3.63, 3.8) is 0 Å². The molecule has 17 rings (SSSR count). The SMILES string of the molecule is CC1(C)c2cc(-c3cc4c5ccccc5n(-c5nc(-c6ccccc6)nc(-c6ccccc6)n5)c4c4c3c3ccccc3n4-c3ccccc3)ccc2-n2c3ccc(-c4nc(-c5ccccc5)nc(-c5ccccc5)n4)cc3c3cccc1c32. The summed E-state index contributed by atoms with van der Waals surface area (Å²) in [5.74, 6) is 3.65. The van der Waals surface area contributed by atoms with Crippen LogP contribution in [0.3, 0.4) is 0 Å². The van der Waals surface area contributed by atoms with Crippen molar-refractivity contribution in [2.45, 2.75) is 19.3 Å². The van der Waals surface area contributed by atoms with E-state index in [2.05, 4.69) is 216 Å². The zero-order valence-electron chi connectivity index (χ0n) is 45.9. The minimum atomic E-state index is -0.385. The molecule has 0 radical (unpaired) electrons. The molecule has 1 aliphatic rings. The molecule has 9 heteroatoms. The van der Waals surface area contributed by atoms with Crippen LogP contribution in [0.25, 0.3) is 151 Å². The molecule has 5 aromatic heterocycles. The molecule has 0 saturated heterocycles. The Balaban J connectivity index is 0.909. The van der Waals surface area contributed by atoms with E-state index in [0.717, 1.165) is 105 Å². The predicted molar refractivity (Wildman–Crippen MR) is 341 cm³/mol. The Morgan fingerprint density at radius 2 is 0.762 bits per heavy atom. The van der Waals surface area contributed by atoms with Crippen molar-refractivity contribution in [2.24, 2.45) is 0 Å². The van der Waals surface area contributed by atoms with E-state index < -0.39 is 0 Å². The van der Waals surface area contributed by atoms with Gasteiger partial charge in [-0.2, -0.15) is 9.97 Å². The van der Waals surface area contributed by atoms with Crippen LogP contribution in [0.4, 0.5) is 0 Å². The van der Waals surface area contributed by atoms with E-state index in [1.165, 1.54) is 22.0 Å². The lowest BCUT2D eigenvalue weighted by atomic mass is 9.74. The number of aromatic nitrogens is 9. The van der Waals surface area contributed by atoms with Crippen LogP contribution < -0.4 is 0 Å². The molecule has 0 aliphatic carbocycles. The van der Waals surface area contributed by atoms with Crippen LogP contribution in [0.1, 0.15) is 25.0 Å². The largest absolute Gasteiger partial charge is 0.309 e. The van der Waals surface area contributed by atoms with Gasteiger partial charge in [0.15, 0.2) is 29.1 Å². The molecule has 11 aromatic carbocycles. The van der Waals surface area contributed by atoms with E-state index in [1.54, 1.807) is 0 Å². The standard InChI is InChI=1S/C75H49N9/c1-75(2)59-36-22-35-54-57-43-51(73-77-69(46-23-8-3-9-24-46)76-70(78-73)47-25-10-4-11-26-47)40-41-63(57)83(66(54)59)64-42-39-50(44-60(64)75)56-45-58-53-33-18-20-37-61(53)84(67(58)68-65(56)55-34-19-21-38-62(55)82(68)52-31-16-7-17-32-52)74-80-71(48-27-12-5-13-28-48)79-72(81-74)49-29-14-6-15-30-49/h3-45H,1-2H3. The summed E-state index contributed by atoms with van der Waals surface area (Å²) in [6, 6.07) is 92.1. The van der Waals surface area contributed by atoms with Crippen LogP contribution >= 0.6 is 0 Å². The molecule has 0 atom stereocenters. The van der Waals surface area contributed by atoms with Gasteiger partial charge < -0.3 is 9.13 Å². The number of hydrogen-bond acceptors (Lipinski definition) is 6. The first-order chi connectivity index (χ1) is 41.4. The minimum absolute atomic E-state index is 0.385. The summed E-state index contributed by atoms with van der Waals surface area (Å²) < 4.78 is 7.21. The number of fused-ring (bicyclic) bond motifs is 12. The summed E-state index contributed by atoms with van der Waals surface area (Å²) >= 11 is 0. The molecule has 0 N–H and O–H groups in total. The molecule has 6 heterocycles. The maximum atomic E-state index is 5.40. The molecule has 1 aliphatic heterocycles. The molecule has 0 unspecified atom stereocenters. The van der Waals surface area contributed by atoms with Gasteiger partial charge in [0, 0.05) is 71.2 Å². The van der Waals surface area contributed by atoms with Crippen molar-refractivity contribution in [1.29, 1.82) is 0 Å². The molecule has 0 saturated carbocycles. The number of rotatable bonds is 8. The Morgan fingerprint density at radius 3 is 1.36 bits per heavy atom. The van der Waals surface area contributed by atoms with Crippen LogP contribution in [-0.4, -0.2) is 43.6 Å². The lowest BCUT2D eigenvalue weighted by Gasteiger charge is -2.35. The Bertz CT molecular complexity index is 5200. The van der Waals surface area contributed by atoms with Crippen LogP contribution in [0.5, 0.6) is 0 Å². The lowest BCUT2D eigenvalue weighted by Crippen LogP contribution is -2.26. The molecular formula is C75H49N9. The van der Waals surface area contributed by atoms with Gasteiger partial charge in [-0.25, -0.2) is 19.9 Å². The van der Waals surface area contributed by atoms with Crippen molar-refractivity contribution < 1.29 is 0 Å². The van der Waals surface area contributed by atoms with Crippen molar-refractivity contribution >= 4 is 65.4 Å². The van der Waals surface area contributed by atoms with Gasteiger partial charge in [0.05, 0.1) is 38.8 Å². The molecule has 16 aromatic rings. The Morgan fingerprint density at radius 1 is 0.286 bits per heavy atom. The zero-order chi connectivity index (χ0) is 55.6. The fraction of sp³-hybridized carbons (Fsp3) is 0.0400. The third kappa shape index (κ3) is 7.21. The highest BCUT2D eigenvalue weighted by Gasteiger charge is 2.36. The van der Waals surface area contributed by atoms with Crippen molar-refractivity contribution in [1.82, 2.24) is 43.6 Å². The molecule has 0 bridgehead atoms. The Kier molecular flexibility index (Phi) is 10.5. The highest BCUT2D eigenvalue weighted by Crippen LogP contribution is 2.51. The normalized spacial score (nSPS) is 12.7. The highest BCUT2D eigenvalue weighted by atomic mass is 15.2. The number of benzene rings is 11. The van der Waals surface area contributed by atoms with E-state index in [1.807, 2.05) is 72.8 Å². The van der Waals surface area contributed by atoms with E-state index in [4.69, 9.17) is 29.9 Å². The van der Waals surface area contributed by atoms with Crippen LogP contribution in [-0.2, 0) is 5.41 Å². The minimum Gasteiger partial charge on any atom is -0.309 e. The third-order valence-electron chi connectivity index (χ3n) is 17.1. The first kappa shape index (κ1) is 47.6. The Labute approximate surface area is 483 Å². The summed E-state index contributed by atoms with van der Waals surface area (Å²) in [7, 11) is 0. The molecular weight excluding hydrogens is 1030 g/mol. The summed E-state index contributed by atoms with van der Waals surface area (Å²) in [4.78, 5) is 31.2. The van der Waals surface area contributed by atoms with Crippen LogP contribution in [0.2, 0.25) is 0 Å². The van der Waals surface area contributed by atoms with Gasteiger partial charge in [-0.1, -0.05) is 214 Å². The van der Waals surface area contributed by atoms with Crippen molar-refractivity contribution in [2.75, 3.05) is 0 Å². The van der Waals surface area contributed by atoms with Gasteiger partial charge in [0.2, 0.25) is 5.95 Å². The van der Waals surface area contributed by atoms with Crippen LogP contribution in [0.15, 0.2) is 261 Å². The van der Waals surface area contributed by atoms with Gasteiger partial charge in [-0.05, 0) is 82.9 Å². The van der Waals surface area contributed by atoms with Gasteiger partial charge >= 0.3 is 0 Å². The molecule has 84 heavy (non-hydrogen) atoms. The van der Waals surface area contributed by atoms with Crippen LogP contribution in [0, 0.1) is 0 Å². The van der Waals surface area contributed by atoms with E-state index in [0.29, 0.717) is 35.1 Å². The summed E-state index contributed by atoms with van der Waals surface area (Å²) in [6.07, 6.45) is 0. The van der Waals surface area contributed by atoms with Gasteiger partial charge in [-0.15, -0.1) is 0 Å². The number of hydrogen-bond donors (Lipinski definition) is 0. The third-order valence-corrected chi connectivity index (χ3v) is 17.1. The smallest absolute Gasteiger partial charge is 0.238 e. The first-order valence-electron chi connectivity index (χ1n) is 28.5. The summed E-state index contributed by atoms with van der Waals surface area (Å²) in [5.41, 5.74) is 17.8. The molecule has 0 amide bonds. The topological polar surface area (TPSA) is 92.1 Å². The first-order valence-corrected chi connectivity index (χ1v) is 28.5. The second-order valence-corrected chi connectivity index (χ2v) is 22.3. The van der Waals surface area contributed by atoms with Gasteiger partial charge in [0.1, 0.15) is 0 Å². The fourth-order valence-electron chi connectivity index (χ4n) is 13.2. The van der Waals surface area contributed by atoms with Gasteiger partial charge in [-0.3, -0.25) is 4.57 Å². The van der Waals surface area contributed by atoms with Crippen molar-refractivity contribution in [3.05, 3.63) is 272 Å². The molecule has 0 spiro atoms. The summed E-state index contributed by atoms with van der Waals surface area (Å²) in [6.45, 7) is 4.77. The zero-order valence-corrected chi connectivity index (χ0v) is 45.9. The number of nitrogens with zero attached hydrogens (tertiary/aromatic N) is 9. The van der Waals surface area contributed by atoms with Crippen molar-refractivity contribution in [3.8, 4) is 85.4 Å². The molecule has 394 valence electrons. The maximum absolute atomic E-state index is 5.40. The Hall–Kier alpha value is -11.2. The quantitative estimate of drug-likeness (QED) is 0.151. The second kappa shape index (κ2) is 18.4. The monoisotopic (exact) mass is 1080 g/mol. The maximum Gasteiger partial charge on any atom is 0.238 e. The fourth-order valence-corrected chi connectivity index (χ4v) is 13.2. The van der Waals surface area contributed by atoms with E-state index in [9.17, 15) is 0 Å². The predicted octanol–water partition coefficient (Wildman–Crippen LogP) is 18.0. The molecule has 0 fully saturated rings. The average Bonchev–Trinajstić information content (AvgIpc) is 1.57. The van der Waals surface area contributed by atoms with E-state index in [-0.39, 0.29) is 5.41 Å². The van der Waals surface area contributed by atoms with Gasteiger partial charge in [0.25, 0.3) is 0 Å². The highest BCUT2D eigenvalue weighted by molar-refractivity contribution is 6.28. The average molecular weight is 1080 g/mol. The lowest BCUT2D eigenvalue weighted by molar-refractivity contribution is 0.630.